The van der Waals surface area contributed by atoms with Crippen LogP contribution in [0.25, 0.3) is 0 Å². The van der Waals surface area contributed by atoms with E-state index in [1.54, 1.807) is 0 Å². The maximum atomic E-state index is 13.4. The number of likely N-dealkylation sites (N-methyl/N-ethyl adjacent to an activating group) is 1. The zero-order chi connectivity index (χ0) is 21.1. The summed E-state index contributed by atoms with van der Waals surface area (Å²) >= 11 is 0. The summed E-state index contributed by atoms with van der Waals surface area (Å²) in [4.78, 5) is 15.8. The van der Waals surface area contributed by atoms with Crippen molar-refractivity contribution in [2.75, 3.05) is 12.1 Å². The first-order chi connectivity index (χ1) is 13.0. The van der Waals surface area contributed by atoms with E-state index in [4.69, 9.17) is 0 Å². The van der Waals surface area contributed by atoms with Crippen LogP contribution in [0.2, 0.25) is 0 Å². The molecular weight excluding hydrogens is 396 g/mol. The predicted octanol–water partition coefficient (Wildman–Crippen LogP) is 4.11. The molecule has 0 aromatic heterocycles. The van der Waals surface area contributed by atoms with Gasteiger partial charge in [-0.15, -0.1) is 0 Å². The first-order valence-electron chi connectivity index (χ1n) is 7.84. The molecule has 13 heteroatoms. The fraction of sp³-hybridized carbons (Fsp3) is 0.467. The first-order valence-corrected chi connectivity index (χ1v) is 7.84. The van der Waals surface area contributed by atoms with Crippen molar-refractivity contribution in [3.8, 4) is 0 Å². The number of oxime groups is 1. The largest absolute Gasteiger partial charge is 0.432 e. The second-order valence-electron chi connectivity index (χ2n) is 5.61. The molecule has 0 bridgehead atoms. The third-order valence-electron chi connectivity index (χ3n) is 3.78. The SMILES string of the molecule is CCC(=NOCc1c(N2N=NN(C)C2C=O)cccc1C(F)(F)F)C(F)(F)F. The molecule has 0 saturated heterocycles. The minimum atomic E-state index is -4.82. The van der Waals surface area contributed by atoms with Gasteiger partial charge >= 0.3 is 12.4 Å². The summed E-state index contributed by atoms with van der Waals surface area (Å²) in [6.45, 7) is 0.256. The van der Waals surface area contributed by atoms with Crippen molar-refractivity contribution < 1.29 is 36.0 Å². The van der Waals surface area contributed by atoms with Crippen LogP contribution in [0.3, 0.4) is 0 Å². The van der Waals surface area contributed by atoms with Crippen molar-refractivity contribution in [1.82, 2.24) is 5.01 Å². The highest BCUT2D eigenvalue weighted by Crippen LogP contribution is 2.38. The number of nitrogens with zero attached hydrogens (tertiary/aromatic N) is 5. The van der Waals surface area contributed by atoms with Gasteiger partial charge in [-0.1, -0.05) is 23.4 Å². The van der Waals surface area contributed by atoms with Gasteiger partial charge in [0.15, 0.2) is 18.2 Å². The van der Waals surface area contributed by atoms with Crippen LogP contribution in [0.1, 0.15) is 24.5 Å². The van der Waals surface area contributed by atoms with Crippen LogP contribution in [0.4, 0.5) is 32.0 Å². The molecule has 0 spiro atoms. The number of aldehydes is 1. The summed E-state index contributed by atoms with van der Waals surface area (Å²) in [6, 6.07) is 3.04. The van der Waals surface area contributed by atoms with Crippen molar-refractivity contribution in [2.24, 2.45) is 15.6 Å². The lowest BCUT2D eigenvalue weighted by Gasteiger charge is -2.24. The smallest absolute Gasteiger partial charge is 0.391 e. The Morgan fingerprint density at radius 3 is 2.46 bits per heavy atom. The molecule has 1 unspecified atom stereocenters. The van der Waals surface area contributed by atoms with E-state index in [0.717, 1.165) is 22.2 Å². The normalized spacial score (nSPS) is 18.0. The quantitative estimate of drug-likeness (QED) is 0.306. The fourth-order valence-electron chi connectivity index (χ4n) is 2.40. The Morgan fingerprint density at radius 2 is 1.93 bits per heavy atom. The van der Waals surface area contributed by atoms with Gasteiger partial charge in [0.25, 0.3) is 0 Å². The van der Waals surface area contributed by atoms with Crippen LogP contribution >= 0.6 is 0 Å². The summed E-state index contributed by atoms with van der Waals surface area (Å²) in [5.41, 5.74) is -3.15. The van der Waals surface area contributed by atoms with Crippen molar-refractivity contribution in [3.05, 3.63) is 29.3 Å². The molecule has 0 N–H and O–H groups in total. The Kier molecular flexibility index (Phi) is 6.14. The van der Waals surface area contributed by atoms with Gasteiger partial charge in [-0.3, -0.25) is 4.79 Å². The van der Waals surface area contributed by atoms with Crippen molar-refractivity contribution in [1.29, 1.82) is 0 Å². The standard InChI is InChI=1S/C15H15F6N5O2/c1-3-12(15(19,20)21)22-28-8-9-10(14(16,17)18)5-4-6-11(9)26-13(7-27)25(2)23-24-26/h4-7,13H,3,8H2,1-2H3. The van der Waals surface area contributed by atoms with Gasteiger partial charge in [-0.05, 0) is 23.8 Å². The van der Waals surface area contributed by atoms with E-state index >= 15 is 0 Å². The molecule has 1 aliphatic rings. The van der Waals surface area contributed by atoms with E-state index in [2.05, 4.69) is 20.4 Å². The van der Waals surface area contributed by atoms with Gasteiger partial charge in [0.2, 0.25) is 0 Å². The van der Waals surface area contributed by atoms with E-state index in [0.29, 0.717) is 6.29 Å². The summed E-state index contributed by atoms with van der Waals surface area (Å²) < 4.78 is 78.3. The zero-order valence-corrected chi connectivity index (χ0v) is 14.6. The summed E-state index contributed by atoms with van der Waals surface area (Å²) in [6.07, 6.45) is -10.8. The number of halogens is 6. The molecular formula is C15H15F6N5O2. The van der Waals surface area contributed by atoms with Gasteiger partial charge in [0.1, 0.15) is 6.61 Å². The molecule has 0 fully saturated rings. The van der Waals surface area contributed by atoms with Gasteiger partial charge < -0.3 is 4.84 Å². The number of rotatable bonds is 6. The molecule has 7 nitrogen and oxygen atoms in total. The number of carbonyl (C=O) groups is 1. The van der Waals surface area contributed by atoms with E-state index in [-0.39, 0.29) is 5.69 Å². The Morgan fingerprint density at radius 1 is 1.25 bits per heavy atom. The van der Waals surface area contributed by atoms with E-state index < -0.39 is 48.4 Å². The molecule has 2 rings (SSSR count). The van der Waals surface area contributed by atoms with Crippen molar-refractivity contribution in [2.45, 2.75) is 38.5 Å². The molecule has 28 heavy (non-hydrogen) atoms. The number of alkyl halides is 6. The minimum Gasteiger partial charge on any atom is -0.391 e. The summed E-state index contributed by atoms with van der Waals surface area (Å²) in [5, 5.41) is 12.2. The molecule has 154 valence electrons. The Labute approximate surface area is 155 Å². The van der Waals surface area contributed by atoms with Gasteiger partial charge in [-0.25, -0.2) is 10.0 Å². The molecule has 1 aromatic carbocycles. The third-order valence-corrected chi connectivity index (χ3v) is 3.78. The topological polar surface area (TPSA) is 69.9 Å². The Balaban J connectivity index is 2.44. The molecule has 1 heterocycles. The highest BCUT2D eigenvalue weighted by atomic mass is 19.4. The van der Waals surface area contributed by atoms with Gasteiger partial charge in [-0.2, -0.15) is 26.3 Å². The van der Waals surface area contributed by atoms with Crippen LogP contribution in [0.5, 0.6) is 0 Å². The Bertz CT molecular complexity index is 777. The summed E-state index contributed by atoms with van der Waals surface area (Å²) in [7, 11) is 1.38. The number of carbonyl (C=O) groups excluding carboxylic acids is 1. The van der Waals surface area contributed by atoms with Gasteiger partial charge in [0.05, 0.1) is 11.3 Å². The average molecular weight is 411 g/mol. The van der Waals surface area contributed by atoms with Gasteiger partial charge in [0, 0.05) is 12.6 Å². The van der Waals surface area contributed by atoms with Crippen LogP contribution in [-0.4, -0.2) is 36.4 Å². The van der Waals surface area contributed by atoms with Crippen LogP contribution in [0.15, 0.2) is 33.8 Å². The Hall–Kier alpha value is -2.86. The monoisotopic (exact) mass is 411 g/mol. The fourth-order valence-corrected chi connectivity index (χ4v) is 2.40. The molecule has 0 amide bonds. The van der Waals surface area contributed by atoms with Crippen LogP contribution in [-0.2, 0) is 22.4 Å². The summed E-state index contributed by atoms with van der Waals surface area (Å²) in [5.74, 6) is 0. The highest BCUT2D eigenvalue weighted by Gasteiger charge is 2.38. The number of hydrogen-bond donors (Lipinski definition) is 0. The lowest BCUT2D eigenvalue weighted by atomic mass is 10.0. The molecule has 1 atom stereocenters. The molecule has 1 aliphatic heterocycles. The number of benzene rings is 1. The van der Waals surface area contributed by atoms with E-state index in [9.17, 15) is 31.1 Å². The first kappa shape index (κ1) is 21.4. The predicted molar refractivity (Wildman–Crippen MR) is 85.0 cm³/mol. The third kappa shape index (κ3) is 4.51. The second kappa shape index (κ2) is 8.02. The number of anilines is 1. The molecule has 0 saturated carbocycles. The minimum absolute atomic E-state index is 0.194. The van der Waals surface area contributed by atoms with Crippen LogP contribution in [0, 0.1) is 0 Å². The van der Waals surface area contributed by atoms with E-state index in [1.165, 1.54) is 20.0 Å². The highest BCUT2D eigenvalue weighted by molar-refractivity contribution is 5.88. The number of hydrogen-bond acceptors (Lipinski definition) is 7. The molecule has 1 aromatic rings. The lowest BCUT2D eigenvalue weighted by molar-refractivity contribution is -0.138. The van der Waals surface area contributed by atoms with Crippen molar-refractivity contribution in [3.63, 3.8) is 0 Å². The second-order valence-corrected chi connectivity index (χ2v) is 5.61. The van der Waals surface area contributed by atoms with E-state index in [1.807, 2.05) is 0 Å². The maximum absolute atomic E-state index is 13.4. The maximum Gasteiger partial charge on any atom is 0.432 e. The van der Waals surface area contributed by atoms with Crippen molar-refractivity contribution >= 4 is 17.7 Å². The average Bonchev–Trinajstić information content (AvgIpc) is 2.97. The lowest BCUT2D eigenvalue weighted by Crippen LogP contribution is -2.38. The van der Waals surface area contributed by atoms with Crippen LogP contribution < -0.4 is 5.01 Å². The zero-order valence-electron chi connectivity index (χ0n) is 14.6. The molecule has 0 aliphatic carbocycles. The molecule has 0 radical (unpaired) electrons.